The number of hydrogen-bond acceptors (Lipinski definition) is 3. The van der Waals surface area contributed by atoms with Crippen molar-refractivity contribution in [2.24, 2.45) is 0 Å². The zero-order chi connectivity index (χ0) is 13.1. The Balaban J connectivity index is 2.12. The summed E-state index contributed by atoms with van der Waals surface area (Å²) in [5, 5.41) is 6.25. The van der Waals surface area contributed by atoms with Gasteiger partial charge in [0.05, 0.1) is 11.6 Å². The zero-order valence-electron chi connectivity index (χ0n) is 9.48. The van der Waals surface area contributed by atoms with E-state index < -0.39 is 0 Å². The highest BCUT2D eigenvalue weighted by Crippen LogP contribution is 2.22. The minimum absolute atomic E-state index is 0.111. The van der Waals surface area contributed by atoms with Gasteiger partial charge in [-0.3, -0.25) is 4.79 Å². The smallest absolute Gasteiger partial charge is 0.252 e. The first-order valence-corrected chi connectivity index (χ1v) is 7.28. The van der Waals surface area contributed by atoms with Crippen molar-refractivity contribution >= 4 is 44.8 Å². The number of rotatable bonds is 3. The van der Waals surface area contributed by atoms with Crippen LogP contribution in [0.15, 0.2) is 34.2 Å². The summed E-state index contributed by atoms with van der Waals surface area (Å²) < 4.78 is 0.679. The predicted molar refractivity (Wildman–Crippen MR) is 77.1 cm³/mol. The molecular weight excluding hydrogens is 336 g/mol. The number of amides is 1. The molecule has 0 unspecified atom stereocenters. The highest BCUT2D eigenvalue weighted by molar-refractivity contribution is 9.10. The van der Waals surface area contributed by atoms with E-state index in [-0.39, 0.29) is 11.9 Å². The van der Waals surface area contributed by atoms with Crippen LogP contribution in [0.3, 0.4) is 0 Å². The van der Waals surface area contributed by atoms with Gasteiger partial charge in [0.2, 0.25) is 0 Å². The van der Waals surface area contributed by atoms with Crippen LogP contribution in [0.4, 0.5) is 0 Å². The van der Waals surface area contributed by atoms with Crippen molar-refractivity contribution in [2.75, 3.05) is 0 Å². The molecule has 1 aromatic carbocycles. The largest absolute Gasteiger partial charge is 0.343 e. The minimum atomic E-state index is -0.152. The van der Waals surface area contributed by atoms with E-state index in [0.717, 1.165) is 5.01 Å². The number of aromatic nitrogens is 1. The van der Waals surface area contributed by atoms with Crippen LogP contribution in [0.25, 0.3) is 0 Å². The number of benzene rings is 1. The molecule has 0 saturated heterocycles. The van der Waals surface area contributed by atoms with Gasteiger partial charge in [0.15, 0.2) is 0 Å². The molecule has 0 aliphatic carbocycles. The van der Waals surface area contributed by atoms with Crippen LogP contribution in [0.5, 0.6) is 0 Å². The van der Waals surface area contributed by atoms with E-state index >= 15 is 0 Å². The van der Waals surface area contributed by atoms with E-state index in [9.17, 15) is 4.79 Å². The first-order valence-electron chi connectivity index (χ1n) is 5.23. The van der Waals surface area contributed by atoms with Crippen LogP contribution in [0.1, 0.15) is 28.3 Å². The molecule has 0 fully saturated rings. The van der Waals surface area contributed by atoms with Gasteiger partial charge in [-0.15, -0.1) is 11.3 Å². The average molecular weight is 346 g/mol. The summed E-state index contributed by atoms with van der Waals surface area (Å²) in [6.07, 6.45) is 1.72. The van der Waals surface area contributed by atoms with E-state index in [4.69, 9.17) is 11.6 Å². The second-order valence-corrected chi connectivity index (χ2v) is 5.91. The summed E-state index contributed by atoms with van der Waals surface area (Å²) in [5.41, 5.74) is 0.558. The SMILES string of the molecule is C[C@@H](NC(=O)c1ccc(Cl)cc1Br)c1nccs1. The number of hydrogen-bond donors (Lipinski definition) is 1. The third kappa shape index (κ3) is 3.10. The lowest BCUT2D eigenvalue weighted by Gasteiger charge is -2.12. The van der Waals surface area contributed by atoms with Crippen molar-refractivity contribution in [3.8, 4) is 0 Å². The minimum Gasteiger partial charge on any atom is -0.343 e. The summed E-state index contributed by atoms with van der Waals surface area (Å²) in [6.45, 7) is 1.90. The molecule has 0 aliphatic heterocycles. The van der Waals surface area contributed by atoms with Crippen molar-refractivity contribution in [1.82, 2.24) is 10.3 Å². The lowest BCUT2D eigenvalue weighted by molar-refractivity contribution is 0.0939. The fourth-order valence-electron chi connectivity index (χ4n) is 1.46. The maximum absolute atomic E-state index is 12.1. The van der Waals surface area contributed by atoms with E-state index in [1.165, 1.54) is 11.3 Å². The van der Waals surface area contributed by atoms with Gasteiger partial charge in [-0.1, -0.05) is 11.6 Å². The van der Waals surface area contributed by atoms with Crippen LogP contribution in [-0.4, -0.2) is 10.9 Å². The Labute approximate surface area is 122 Å². The Morgan fingerprint density at radius 3 is 2.94 bits per heavy atom. The lowest BCUT2D eigenvalue weighted by atomic mass is 10.2. The molecule has 1 heterocycles. The molecule has 1 atom stereocenters. The van der Waals surface area contributed by atoms with Gasteiger partial charge in [-0.05, 0) is 41.1 Å². The maximum atomic E-state index is 12.1. The number of thiazole rings is 1. The average Bonchev–Trinajstić information content (AvgIpc) is 2.81. The van der Waals surface area contributed by atoms with Crippen LogP contribution in [0, 0.1) is 0 Å². The number of halogens is 2. The van der Waals surface area contributed by atoms with E-state index in [2.05, 4.69) is 26.2 Å². The van der Waals surface area contributed by atoms with Gasteiger partial charge in [-0.25, -0.2) is 4.98 Å². The lowest BCUT2D eigenvalue weighted by Crippen LogP contribution is -2.26. The van der Waals surface area contributed by atoms with Gasteiger partial charge in [0.1, 0.15) is 5.01 Å². The Kier molecular flexibility index (Phi) is 4.37. The summed E-state index contributed by atoms with van der Waals surface area (Å²) in [6, 6.07) is 4.97. The summed E-state index contributed by atoms with van der Waals surface area (Å²) in [4.78, 5) is 16.2. The number of carbonyl (C=O) groups excluding carboxylic acids is 1. The molecule has 94 valence electrons. The third-order valence-electron chi connectivity index (χ3n) is 2.35. The standard InChI is InChI=1S/C12H10BrClN2OS/c1-7(12-15-4-5-18-12)16-11(17)9-3-2-8(14)6-10(9)13/h2-7H,1H3,(H,16,17)/t7-/m1/s1. The number of nitrogens with one attached hydrogen (secondary N) is 1. The Hall–Kier alpha value is -0.910. The molecule has 1 aromatic heterocycles. The van der Waals surface area contributed by atoms with Crippen LogP contribution in [-0.2, 0) is 0 Å². The molecule has 0 spiro atoms. The van der Waals surface area contributed by atoms with E-state index in [1.807, 2.05) is 12.3 Å². The van der Waals surface area contributed by atoms with Crippen molar-refractivity contribution in [2.45, 2.75) is 13.0 Å². The van der Waals surface area contributed by atoms with E-state index in [0.29, 0.717) is 15.1 Å². The highest BCUT2D eigenvalue weighted by atomic mass is 79.9. The molecule has 0 saturated carbocycles. The molecule has 0 aliphatic rings. The topological polar surface area (TPSA) is 42.0 Å². The molecule has 0 bridgehead atoms. The summed E-state index contributed by atoms with van der Waals surface area (Å²) in [5.74, 6) is -0.152. The zero-order valence-corrected chi connectivity index (χ0v) is 12.6. The summed E-state index contributed by atoms with van der Waals surface area (Å²) in [7, 11) is 0. The molecule has 3 nitrogen and oxygen atoms in total. The Morgan fingerprint density at radius 2 is 2.33 bits per heavy atom. The van der Waals surface area contributed by atoms with E-state index in [1.54, 1.807) is 24.4 Å². The quantitative estimate of drug-likeness (QED) is 0.912. The van der Waals surface area contributed by atoms with Gasteiger partial charge in [-0.2, -0.15) is 0 Å². The predicted octanol–water partition coefficient (Wildman–Crippen LogP) is 4.05. The fourth-order valence-corrected chi connectivity index (χ4v) is 2.97. The first-order chi connectivity index (χ1) is 8.58. The second kappa shape index (κ2) is 5.82. The van der Waals surface area contributed by atoms with Gasteiger partial charge < -0.3 is 5.32 Å². The van der Waals surface area contributed by atoms with Gasteiger partial charge >= 0.3 is 0 Å². The van der Waals surface area contributed by atoms with Crippen molar-refractivity contribution in [1.29, 1.82) is 0 Å². The molecule has 2 aromatic rings. The normalized spacial score (nSPS) is 12.2. The highest BCUT2D eigenvalue weighted by Gasteiger charge is 2.15. The Bertz CT molecular complexity index is 559. The first kappa shape index (κ1) is 13.5. The molecule has 18 heavy (non-hydrogen) atoms. The molecule has 6 heteroatoms. The molecule has 0 radical (unpaired) electrons. The molecule has 1 amide bonds. The molecule has 1 N–H and O–H groups in total. The van der Waals surface area contributed by atoms with Gasteiger partial charge in [0.25, 0.3) is 5.91 Å². The monoisotopic (exact) mass is 344 g/mol. The fraction of sp³-hybridized carbons (Fsp3) is 0.167. The maximum Gasteiger partial charge on any atom is 0.252 e. The van der Waals surface area contributed by atoms with Crippen LogP contribution >= 0.6 is 38.9 Å². The van der Waals surface area contributed by atoms with Crippen molar-refractivity contribution in [3.05, 3.63) is 49.8 Å². The third-order valence-corrected chi connectivity index (χ3v) is 4.19. The molecule has 2 rings (SSSR count). The van der Waals surface area contributed by atoms with Crippen molar-refractivity contribution in [3.63, 3.8) is 0 Å². The second-order valence-electron chi connectivity index (χ2n) is 3.69. The van der Waals surface area contributed by atoms with Gasteiger partial charge in [0, 0.05) is 21.1 Å². The van der Waals surface area contributed by atoms with Crippen LogP contribution < -0.4 is 5.32 Å². The van der Waals surface area contributed by atoms with Crippen LogP contribution in [0.2, 0.25) is 5.02 Å². The van der Waals surface area contributed by atoms with Crippen molar-refractivity contribution < 1.29 is 4.79 Å². The molecular formula is C12H10BrClN2OS. The number of carbonyl (C=O) groups is 1. The number of nitrogens with zero attached hydrogens (tertiary/aromatic N) is 1. The Morgan fingerprint density at radius 1 is 1.56 bits per heavy atom. The summed E-state index contributed by atoms with van der Waals surface area (Å²) >= 11 is 10.7.